The van der Waals surface area contributed by atoms with Crippen LogP contribution in [-0.2, 0) is 0 Å². The van der Waals surface area contributed by atoms with Gasteiger partial charge in [0.2, 0.25) is 0 Å². The zero-order valence-electron chi connectivity index (χ0n) is 12.1. The van der Waals surface area contributed by atoms with E-state index in [0.29, 0.717) is 11.3 Å². The molecule has 4 rings (SSSR count). The number of anilines is 1. The van der Waals surface area contributed by atoms with Crippen LogP contribution in [0.25, 0.3) is 10.9 Å². The molecule has 23 heavy (non-hydrogen) atoms. The van der Waals surface area contributed by atoms with E-state index in [1.54, 1.807) is 18.7 Å². The van der Waals surface area contributed by atoms with E-state index in [1.807, 2.05) is 41.8 Å². The molecule has 0 aliphatic heterocycles. The van der Waals surface area contributed by atoms with Crippen molar-refractivity contribution >= 4 is 27.4 Å². The molecular formula is C17H14N3O2S+. The molecule has 0 spiro atoms. The van der Waals surface area contributed by atoms with Gasteiger partial charge in [0.25, 0.3) is 5.52 Å². The Morgan fingerprint density at radius 1 is 1.22 bits per heavy atom. The maximum absolute atomic E-state index is 10.7. The third kappa shape index (κ3) is 2.53. The maximum Gasteiger partial charge on any atom is 0.253 e. The number of pyridine rings is 1. The number of phenols is 1. The first-order valence-corrected chi connectivity index (χ1v) is 8.02. The van der Waals surface area contributed by atoms with Gasteiger partial charge in [-0.2, -0.15) is 0 Å². The first-order chi connectivity index (χ1) is 11.3. The average Bonchev–Trinajstić information content (AvgIpc) is 3.27. The van der Waals surface area contributed by atoms with Crippen molar-refractivity contribution in [3.05, 3.63) is 71.8 Å². The van der Waals surface area contributed by atoms with Gasteiger partial charge in [-0.05, 0) is 24.3 Å². The molecule has 1 unspecified atom stereocenters. The highest BCUT2D eigenvalue weighted by atomic mass is 32.1. The smallest absolute Gasteiger partial charge is 0.253 e. The van der Waals surface area contributed by atoms with Crippen LogP contribution in [0.2, 0.25) is 0 Å². The Bertz CT molecular complexity index is 920. The fraction of sp³-hybridized carbons (Fsp3) is 0.0588. The number of furan rings is 1. The summed E-state index contributed by atoms with van der Waals surface area (Å²) in [6.45, 7) is 0. The lowest BCUT2D eigenvalue weighted by Crippen LogP contribution is -2.13. The van der Waals surface area contributed by atoms with Crippen molar-refractivity contribution in [3.63, 3.8) is 0 Å². The van der Waals surface area contributed by atoms with Crippen LogP contribution in [0.15, 0.2) is 64.9 Å². The number of nitrogens with one attached hydrogen (secondary N) is 2. The Balaban J connectivity index is 1.84. The van der Waals surface area contributed by atoms with Crippen LogP contribution in [-0.4, -0.2) is 10.1 Å². The first-order valence-electron chi connectivity index (χ1n) is 7.14. The van der Waals surface area contributed by atoms with E-state index in [-0.39, 0.29) is 11.8 Å². The van der Waals surface area contributed by atoms with Crippen LogP contribution in [0.5, 0.6) is 5.75 Å². The Labute approximate surface area is 136 Å². The number of H-pyrrole nitrogens is 1. The standard InChI is InChI=1S/C17H13N3O2S/c21-16-12(6-5-11-3-1-7-18-14(11)16)15(13-4-2-9-22-13)20-17-19-8-10-23-17/h1-10,15,21H,(H,19,20)/p+1. The predicted octanol–water partition coefficient (Wildman–Crippen LogP) is 3.61. The second kappa shape index (κ2) is 5.73. The van der Waals surface area contributed by atoms with Crippen LogP contribution in [0.3, 0.4) is 0 Å². The molecular weight excluding hydrogens is 310 g/mol. The SMILES string of the molecule is Oc1c(C(Nc2nccs2)c2ccco2)ccc2ccc[nH+]c12. The lowest BCUT2D eigenvalue weighted by molar-refractivity contribution is -0.345. The van der Waals surface area contributed by atoms with Crippen molar-refractivity contribution < 1.29 is 14.5 Å². The summed E-state index contributed by atoms with van der Waals surface area (Å²) < 4.78 is 5.56. The minimum atomic E-state index is -0.325. The van der Waals surface area contributed by atoms with Gasteiger partial charge in [-0.25, -0.2) is 9.97 Å². The van der Waals surface area contributed by atoms with Gasteiger partial charge in [-0.3, -0.25) is 0 Å². The topological polar surface area (TPSA) is 72.4 Å². The summed E-state index contributed by atoms with van der Waals surface area (Å²) in [4.78, 5) is 7.36. The monoisotopic (exact) mass is 324 g/mol. The summed E-state index contributed by atoms with van der Waals surface area (Å²) in [6, 6.07) is 11.1. The molecule has 5 nitrogen and oxygen atoms in total. The van der Waals surface area contributed by atoms with Crippen molar-refractivity contribution in [3.8, 4) is 5.75 Å². The van der Waals surface area contributed by atoms with Crippen molar-refractivity contribution in [1.29, 1.82) is 0 Å². The number of hydrogen-bond acceptors (Lipinski definition) is 5. The quantitative estimate of drug-likeness (QED) is 0.601. The Kier molecular flexibility index (Phi) is 3.44. The molecule has 0 aliphatic carbocycles. The van der Waals surface area contributed by atoms with Crippen LogP contribution in [0.4, 0.5) is 5.13 Å². The molecule has 0 bridgehead atoms. The molecule has 0 amide bonds. The molecule has 3 N–H and O–H groups in total. The second-order valence-corrected chi connectivity index (χ2v) is 5.96. The number of phenolic OH excluding ortho intramolecular Hbond substituents is 1. The summed E-state index contributed by atoms with van der Waals surface area (Å²) in [5.41, 5.74) is 1.42. The predicted molar refractivity (Wildman–Crippen MR) is 88.5 cm³/mol. The van der Waals surface area contributed by atoms with Gasteiger partial charge < -0.3 is 14.8 Å². The fourth-order valence-electron chi connectivity index (χ4n) is 2.61. The first kappa shape index (κ1) is 13.8. The summed E-state index contributed by atoms with van der Waals surface area (Å²) in [5, 5.41) is 17.7. The normalized spacial score (nSPS) is 12.3. The average molecular weight is 324 g/mol. The van der Waals surface area contributed by atoms with Gasteiger partial charge >= 0.3 is 0 Å². The van der Waals surface area contributed by atoms with Gasteiger partial charge in [0.1, 0.15) is 11.8 Å². The zero-order valence-corrected chi connectivity index (χ0v) is 12.9. The molecule has 1 aromatic carbocycles. The number of aromatic hydroxyl groups is 1. The minimum Gasteiger partial charge on any atom is -0.502 e. The maximum atomic E-state index is 10.7. The van der Waals surface area contributed by atoms with Gasteiger partial charge in [-0.15, -0.1) is 11.3 Å². The van der Waals surface area contributed by atoms with Crippen LogP contribution < -0.4 is 10.3 Å². The molecule has 0 saturated carbocycles. The molecule has 1 atom stereocenters. The molecule has 4 aromatic rings. The Morgan fingerprint density at radius 2 is 2.17 bits per heavy atom. The molecule has 0 radical (unpaired) electrons. The van der Waals surface area contributed by atoms with E-state index in [0.717, 1.165) is 16.1 Å². The number of rotatable bonds is 4. The minimum absolute atomic E-state index is 0.202. The summed E-state index contributed by atoms with van der Waals surface area (Å²) >= 11 is 1.50. The van der Waals surface area contributed by atoms with E-state index in [4.69, 9.17) is 4.42 Å². The van der Waals surface area contributed by atoms with Gasteiger partial charge in [0.15, 0.2) is 17.1 Å². The third-order valence-electron chi connectivity index (χ3n) is 3.68. The summed E-state index contributed by atoms with van der Waals surface area (Å²) in [5.74, 6) is 0.916. The summed E-state index contributed by atoms with van der Waals surface area (Å²) in [7, 11) is 0. The molecule has 0 aliphatic rings. The molecule has 114 valence electrons. The number of thiazole rings is 1. The van der Waals surface area contributed by atoms with Crippen LogP contribution in [0.1, 0.15) is 17.4 Å². The second-order valence-electron chi connectivity index (χ2n) is 5.07. The van der Waals surface area contributed by atoms with Gasteiger partial charge in [-0.1, -0.05) is 6.07 Å². The number of hydrogen-bond donors (Lipinski definition) is 2. The highest BCUT2D eigenvalue weighted by molar-refractivity contribution is 7.13. The zero-order chi connectivity index (χ0) is 15.6. The van der Waals surface area contributed by atoms with E-state index in [9.17, 15) is 5.11 Å². The fourth-order valence-corrected chi connectivity index (χ4v) is 3.16. The van der Waals surface area contributed by atoms with Crippen molar-refractivity contribution in [1.82, 2.24) is 4.98 Å². The number of benzene rings is 1. The molecule has 3 aromatic heterocycles. The molecule has 3 heterocycles. The third-order valence-corrected chi connectivity index (χ3v) is 4.38. The van der Waals surface area contributed by atoms with Gasteiger partial charge in [0.05, 0.1) is 11.6 Å². The Morgan fingerprint density at radius 3 is 2.96 bits per heavy atom. The molecule has 0 saturated heterocycles. The molecule has 6 heteroatoms. The highest BCUT2D eigenvalue weighted by Gasteiger charge is 2.24. The largest absolute Gasteiger partial charge is 0.502 e. The Hall–Kier alpha value is -2.86. The summed E-state index contributed by atoms with van der Waals surface area (Å²) in [6.07, 6.45) is 5.15. The lowest BCUT2D eigenvalue weighted by Gasteiger charge is -2.17. The van der Waals surface area contributed by atoms with Crippen molar-refractivity contribution in [2.75, 3.05) is 5.32 Å². The van der Waals surface area contributed by atoms with E-state index < -0.39 is 0 Å². The van der Waals surface area contributed by atoms with Crippen molar-refractivity contribution in [2.24, 2.45) is 0 Å². The highest BCUT2D eigenvalue weighted by Crippen LogP contribution is 2.36. The lowest BCUT2D eigenvalue weighted by atomic mass is 10.0. The number of aromatic amines is 1. The van der Waals surface area contributed by atoms with Crippen LogP contribution in [0, 0.1) is 0 Å². The number of fused-ring (bicyclic) bond motifs is 1. The van der Waals surface area contributed by atoms with E-state index in [2.05, 4.69) is 15.3 Å². The van der Waals surface area contributed by atoms with Gasteiger partial charge in [0, 0.05) is 23.2 Å². The molecule has 0 fully saturated rings. The van der Waals surface area contributed by atoms with Crippen molar-refractivity contribution in [2.45, 2.75) is 6.04 Å². The van der Waals surface area contributed by atoms with E-state index in [1.165, 1.54) is 11.3 Å². The van der Waals surface area contributed by atoms with Crippen LogP contribution >= 0.6 is 11.3 Å². The number of aromatic nitrogens is 2. The van der Waals surface area contributed by atoms with E-state index >= 15 is 0 Å². The number of nitrogens with zero attached hydrogens (tertiary/aromatic N) is 1.